The van der Waals surface area contributed by atoms with E-state index in [0.29, 0.717) is 12.3 Å². The van der Waals surface area contributed by atoms with Crippen LogP contribution >= 0.6 is 0 Å². The summed E-state index contributed by atoms with van der Waals surface area (Å²) < 4.78 is 0. The SMILES string of the molecule is CCNC(C)c1ccccc1NC(=O)CC1CCC1. The fraction of sp³-hybridized carbons (Fsp3) is 0.562. The molecule has 1 amide bonds. The van der Waals surface area contributed by atoms with Gasteiger partial charge in [-0.15, -0.1) is 0 Å². The molecular formula is C16H24N2O. The molecule has 1 saturated carbocycles. The second-order valence-electron chi connectivity index (χ2n) is 5.42. The molecule has 0 bridgehead atoms. The van der Waals surface area contributed by atoms with Crippen LogP contribution in [0.1, 0.15) is 51.1 Å². The van der Waals surface area contributed by atoms with E-state index in [2.05, 4.69) is 30.5 Å². The van der Waals surface area contributed by atoms with Crippen molar-refractivity contribution >= 4 is 11.6 Å². The van der Waals surface area contributed by atoms with Gasteiger partial charge in [0.2, 0.25) is 5.91 Å². The van der Waals surface area contributed by atoms with Crippen LogP contribution in [0.2, 0.25) is 0 Å². The number of benzene rings is 1. The number of amides is 1. The molecule has 3 heteroatoms. The van der Waals surface area contributed by atoms with Crippen molar-refractivity contribution in [2.75, 3.05) is 11.9 Å². The van der Waals surface area contributed by atoms with E-state index >= 15 is 0 Å². The largest absolute Gasteiger partial charge is 0.326 e. The van der Waals surface area contributed by atoms with E-state index in [4.69, 9.17) is 0 Å². The Hall–Kier alpha value is -1.35. The number of anilines is 1. The van der Waals surface area contributed by atoms with E-state index in [9.17, 15) is 4.79 Å². The van der Waals surface area contributed by atoms with Crippen molar-refractivity contribution in [2.45, 2.75) is 45.6 Å². The lowest BCUT2D eigenvalue weighted by atomic mass is 9.83. The quantitative estimate of drug-likeness (QED) is 0.822. The third kappa shape index (κ3) is 3.80. The molecule has 1 aromatic rings. The molecule has 0 aliphatic heterocycles. The second-order valence-corrected chi connectivity index (χ2v) is 5.42. The summed E-state index contributed by atoms with van der Waals surface area (Å²) in [6.07, 6.45) is 4.38. The van der Waals surface area contributed by atoms with Crippen LogP contribution in [0.4, 0.5) is 5.69 Å². The normalized spacial score (nSPS) is 16.7. The van der Waals surface area contributed by atoms with Crippen molar-refractivity contribution in [3.63, 3.8) is 0 Å². The van der Waals surface area contributed by atoms with Crippen molar-refractivity contribution < 1.29 is 4.79 Å². The molecule has 0 spiro atoms. The fourth-order valence-electron chi connectivity index (χ4n) is 2.56. The molecule has 1 aliphatic carbocycles. The monoisotopic (exact) mass is 260 g/mol. The topological polar surface area (TPSA) is 41.1 Å². The molecule has 1 fully saturated rings. The predicted octanol–water partition coefficient (Wildman–Crippen LogP) is 3.49. The van der Waals surface area contributed by atoms with Crippen LogP contribution in [0.3, 0.4) is 0 Å². The maximum absolute atomic E-state index is 12.0. The van der Waals surface area contributed by atoms with Crippen molar-refractivity contribution in [3.05, 3.63) is 29.8 Å². The lowest BCUT2D eigenvalue weighted by Gasteiger charge is -2.25. The zero-order chi connectivity index (χ0) is 13.7. The van der Waals surface area contributed by atoms with Crippen LogP contribution < -0.4 is 10.6 Å². The van der Waals surface area contributed by atoms with E-state index in [1.165, 1.54) is 19.3 Å². The second kappa shape index (κ2) is 6.71. The minimum Gasteiger partial charge on any atom is -0.326 e. The van der Waals surface area contributed by atoms with Crippen molar-refractivity contribution in [1.29, 1.82) is 0 Å². The molecular weight excluding hydrogens is 236 g/mol. The maximum Gasteiger partial charge on any atom is 0.224 e. The summed E-state index contributed by atoms with van der Waals surface area (Å²) in [6.45, 7) is 5.14. The van der Waals surface area contributed by atoms with Crippen LogP contribution in [0.5, 0.6) is 0 Å². The molecule has 1 atom stereocenters. The molecule has 1 aliphatic rings. The van der Waals surface area contributed by atoms with Gasteiger partial charge in [0.25, 0.3) is 0 Å². The molecule has 3 nitrogen and oxygen atoms in total. The van der Waals surface area contributed by atoms with E-state index in [-0.39, 0.29) is 11.9 Å². The van der Waals surface area contributed by atoms with Crippen LogP contribution in [-0.4, -0.2) is 12.5 Å². The standard InChI is InChI=1S/C16H24N2O/c1-3-17-12(2)14-9-4-5-10-15(14)18-16(19)11-13-7-6-8-13/h4-5,9-10,12-13,17H,3,6-8,11H2,1-2H3,(H,18,19). The Morgan fingerprint density at radius 1 is 1.37 bits per heavy atom. The number of nitrogens with one attached hydrogen (secondary N) is 2. The molecule has 1 unspecified atom stereocenters. The Labute approximate surface area is 115 Å². The van der Waals surface area contributed by atoms with Crippen LogP contribution in [0.25, 0.3) is 0 Å². The van der Waals surface area contributed by atoms with Gasteiger partial charge >= 0.3 is 0 Å². The zero-order valence-electron chi connectivity index (χ0n) is 11.9. The molecule has 2 N–H and O–H groups in total. The summed E-state index contributed by atoms with van der Waals surface area (Å²) >= 11 is 0. The highest BCUT2D eigenvalue weighted by atomic mass is 16.1. The summed E-state index contributed by atoms with van der Waals surface area (Å²) in [4.78, 5) is 12.0. The number of rotatable bonds is 6. The Morgan fingerprint density at radius 2 is 2.11 bits per heavy atom. The fourth-order valence-corrected chi connectivity index (χ4v) is 2.56. The highest BCUT2D eigenvalue weighted by Gasteiger charge is 2.21. The number of para-hydroxylation sites is 1. The number of hydrogen-bond donors (Lipinski definition) is 2. The molecule has 0 aromatic heterocycles. The summed E-state index contributed by atoms with van der Waals surface area (Å²) in [5, 5.41) is 6.46. The minimum absolute atomic E-state index is 0.154. The molecule has 0 saturated heterocycles. The summed E-state index contributed by atoms with van der Waals surface area (Å²) in [5.41, 5.74) is 2.10. The Kier molecular flexibility index (Phi) is 4.97. The zero-order valence-corrected chi connectivity index (χ0v) is 11.9. The van der Waals surface area contributed by atoms with Gasteiger partial charge in [-0.3, -0.25) is 4.79 Å². The highest BCUT2D eigenvalue weighted by Crippen LogP contribution is 2.30. The predicted molar refractivity (Wildman–Crippen MR) is 79.1 cm³/mol. The smallest absolute Gasteiger partial charge is 0.224 e. The van der Waals surface area contributed by atoms with Gasteiger partial charge in [0.05, 0.1) is 0 Å². The number of hydrogen-bond acceptors (Lipinski definition) is 2. The average molecular weight is 260 g/mol. The molecule has 2 rings (SSSR count). The lowest BCUT2D eigenvalue weighted by Crippen LogP contribution is -2.23. The van der Waals surface area contributed by atoms with Gasteiger partial charge in [0.15, 0.2) is 0 Å². The Morgan fingerprint density at radius 3 is 2.74 bits per heavy atom. The lowest BCUT2D eigenvalue weighted by molar-refractivity contribution is -0.117. The van der Waals surface area contributed by atoms with Crippen molar-refractivity contribution in [2.24, 2.45) is 5.92 Å². The first kappa shape index (κ1) is 14.1. The first-order valence-electron chi connectivity index (χ1n) is 7.33. The number of carbonyl (C=O) groups is 1. The summed E-state index contributed by atoms with van der Waals surface area (Å²) in [7, 11) is 0. The first-order chi connectivity index (χ1) is 9.20. The maximum atomic E-state index is 12.0. The number of carbonyl (C=O) groups excluding carboxylic acids is 1. The molecule has 0 heterocycles. The van der Waals surface area contributed by atoms with Gasteiger partial charge in [-0.2, -0.15) is 0 Å². The third-order valence-corrected chi connectivity index (χ3v) is 3.91. The Bertz CT molecular complexity index is 427. The molecule has 19 heavy (non-hydrogen) atoms. The Balaban J connectivity index is 2.00. The van der Waals surface area contributed by atoms with Crippen molar-refractivity contribution in [3.8, 4) is 0 Å². The van der Waals surface area contributed by atoms with Crippen molar-refractivity contribution in [1.82, 2.24) is 5.32 Å². The van der Waals surface area contributed by atoms with E-state index in [1.54, 1.807) is 0 Å². The third-order valence-electron chi connectivity index (χ3n) is 3.91. The van der Waals surface area contributed by atoms with Gasteiger partial charge < -0.3 is 10.6 Å². The van der Waals surface area contributed by atoms with E-state index < -0.39 is 0 Å². The average Bonchev–Trinajstić information content (AvgIpc) is 2.35. The van der Waals surface area contributed by atoms with Crippen LogP contribution in [-0.2, 0) is 4.79 Å². The van der Waals surface area contributed by atoms with Crippen LogP contribution in [0, 0.1) is 5.92 Å². The van der Waals surface area contributed by atoms with Gasteiger partial charge in [0, 0.05) is 18.2 Å². The molecule has 0 radical (unpaired) electrons. The summed E-state index contributed by atoms with van der Waals surface area (Å²) in [6, 6.07) is 8.31. The highest BCUT2D eigenvalue weighted by molar-refractivity contribution is 5.91. The van der Waals surface area contributed by atoms with Gasteiger partial charge in [-0.05, 0) is 43.9 Å². The van der Waals surface area contributed by atoms with E-state index in [1.807, 2.05) is 18.2 Å². The summed E-state index contributed by atoms with van der Waals surface area (Å²) in [5.74, 6) is 0.763. The first-order valence-corrected chi connectivity index (χ1v) is 7.33. The van der Waals surface area contributed by atoms with Crippen LogP contribution in [0.15, 0.2) is 24.3 Å². The minimum atomic E-state index is 0.154. The van der Waals surface area contributed by atoms with E-state index in [0.717, 1.165) is 17.8 Å². The van der Waals surface area contributed by atoms with Gasteiger partial charge in [-0.1, -0.05) is 31.5 Å². The molecule has 1 aromatic carbocycles. The van der Waals surface area contributed by atoms with Gasteiger partial charge in [0.1, 0.15) is 0 Å². The molecule has 104 valence electrons. The van der Waals surface area contributed by atoms with Gasteiger partial charge in [-0.25, -0.2) is 0 Å².